The van der Waals surface area contributed by atoms with Crippen LogP contribution in [0.4, 0.5) is 0 Å². The number of rotatable bonds is 4. The summed E-state index contributed by atoms with van der Waals surface area (Å²) in [4.78, 5) is 18.1. The van der Waals surface area contributed by atoms with Crippen LogP contribution in [-0.2, 0) is 16.0 Å². The van der Waals surface area contributed by atoms with Crippen LogP contribution in [0.1, 0.15) is 43.9 Å². The van der Waals surface area contributed by atoms with Crippen LogP contribution in [0.3, 0.4) is 0 Å². The lowest BCUT2D eigenvalue weighted by molar-refractivity contribution is -0.139. The lowest BCUT2D eigenvalue weighted by Crippen LogP contribution is -2.40. The fraction of sp³-hybridized carbons (Fsp3) is 0.750. The van der Waals surface area contributed by atoms with Crippen molar-refractivity contribution in [3.05, 3.63) is 11.7 Å². The molecule has 0 unspecified atom stereocenters. The van der Waals surface area contributed by atoms with E-state index in [1.165, 1.54) is 7.11 Å². The number of hydrogen-bond acceptors (Lipinski definition) is 5. The van der Waals surface area contributed by atoms with Gasteiger partial charge in [-0.2, -0.15) is 4.98 Å². The summed E-state index contributed by atoms with van der Waals surface area (Å²) in [6.07, 6.45) is 3.70. The number of ether oxygens (including phenoxy) is 1. The fourth-order valence-electron chi connectivity index (χ4n) is 2.24. The minimum absolute atomic E-state index is 0.0153. The van der Waals surface area contributed by atoms with Crippen molar-refractivity contribution >= 4 is 5.91 Å². The minimum Gasteiger partial charge on any atom is -0.375 e. The van der Waals surface area contributed by atoms with Crippen molar-refractivity contribution in [2.75, 3.05) is 20.3 Å². The van der Waals surface area contributed by atoms with Crippen molar-refractivity contribution < 1.29 is 14.1 Å². The molecule has 1 fully saturated rings. The molecule has 0 spiro atoms. The number of likely N-dealkylation sites (tertiary alicyclic amines) is 1. The van der Waals surface area contributed by atoms with Gasteiger partial charge in [-0.05, 0) is 19.3 Å². The smallest absolute Gasteiger partial charge is 0.249 e. The largest absolute Gasteiger partial charge is 0.375 e. The molecule has 1 aromatic rings. The van der Waals surface area contributed by atoms with E-state index in [2.05, 4.69) is 10.1 Å². The predicted molar refractivity (Wildman–Crippen MR) is 63.9 cm³/mol. The average molecular weight is 253 g/mol. The Morgan fingerprint density at radius 2 is 2.39 bits per heavy atom. The molecule has 1 atom stereocenters. The van der Waals surface area contributed by atoms with Gasteiger partial charge in [0.15, 0.2) is 5.82 Å². The number of carbonyl (C=O) groups excluding carboxylic acids is 1. The van der Waals surface area contributed by atoms with Gasteiger partial charge in [-0.15, -0.1) is 0 Å². The predicted octanol–water partition coefficient (Wildman–Crippen LogP) is 1.33. The second kappa shape index (κ2) is 5.95. The molecule has 2 rings (SSSR count). The molecule has 1 aliphatic heterocycles. The molecule has 0 aliphatic carbocycles. The Bertz CT molecular complexity index is 405. The monoisotopic (exact) mass is 253 g/mol. The van der Waals surface area contributed by atoms with Crippen molar-refractivity contribution in [2.24, 2.45) is 0 Å². The molecular formula is C12H19N3O3. The molecule has 1 saturated heterocycles. The molecule has 0 aromatic carbocycles. The second-order valence-electron chi connectivity index (χ2n) is 4.43. The van der Waals surface area contributed by atoms with Crippen LogP contribution in [-0.4, -0.2) is 41.2 Å². The Hall–Kier alpha value is -1.43. The molecule has 6 nitrogen and oxygen atoms in total. The standard InChI is InChI=1S/C12H19N3O3/c1-3-10-13-12(18-14-10)9-6-4-5-7-15(9)11(16)8-17-2/h9H,3-8H2,1-2H3/t9-/m0/s1. The van der Waals surface area contributed by atoms with Crippen molar-refractivity contribution in [1.82, 2.24) is 15.0 Å². The number of amides is 1. The van der Waals surface area contributed by atoms with Gasteiger partial charge in [-0.25, -0.2) is 0 Å². The Morgan fingerprint density at radius 3 is 3.06 bits per heavy atom. The van der Waals surface area contributed by atoms with E-state index in [4.69, 9.17) is 9.26 Å². The molecule has 6 heteroatoms. The van der Waals surface area contributed by atoms with Gasteiger partial charge in [-0.1, -0.05) is 12.1 Å². The lowest BCUT2D eigenvalue weighted by atomic mass is 10.0. The molecule has 2 heterocycles. The van der Waals surface area contributed by atoms with Crippen LogP contribution < -0.4 is 0 Å². The molecule has 0 saturated carbocycles. The highest BCUT2D eigenvalue weighted by Crippen LogP contribution is 2.29. The summed E-state index contributed by atoms with van der Waals surface area (Å²) in [5, 5.41) is 3.89. The maximum absolute atomic E-state index is 12.0. The normalized spacial score (nSPS) is 20.1. The Balaban J connectivity index is 2.14. The van der Waals surface area contributed by atoms with Gasteiger partial charge in [0.1, 0.15) is 12.6 Å². The van der Waals surface area contributed by atoms with Gasteiger partial charge in [0, 0.05) is 20.1 Å². The summed E-state index contributed by atoms with van der Waals surface area (Å²) in [6.45, 7) is 2.81. The van der Waals surface area contributed by atoms with Gasteiger partial charge >= 0.3 is 0 Å². The summed E-state index contributed by atoms with van der Waals surface area (Å²) in [7, 11) is 1.53. The maximum Gasteiger partial charge on any atom is 0.249 e. The summed E-state index contributed by atoms with van der Waals surface area (Å²) in [6, 6.07) is -0.0887. The van der Waals surface area contributed by atoms with Crippen molar-refractivity contribution in [3.8, 4) is 0 Å². The Labute approximate surface area is 106 Å². The van der Waals surface area contributed by atoms with E-state index in [1.807, 2.05) is 6.92 Å². The van der Waals surface area contributed by atoms with Crippen LogP contribution in [0.5, 0.6) is 0 Å². The summed E-state index contributed by atoms with van der Waals surface area (Å²) in [5.41, 5.74) is 0. The molecule has 100 valence electrons. The van der Waals surface area contributed by atoms with Crippen LogP contribution in [0.25, 0.3) is 0 Å². The van der Waals surface area contributed by atoms with Crippen LogP contribution in [0.15, 0.2) is 4.52 Å². The topological polar surface area (TPSA) is 68.5 Å². The first-order valence-electron chi connectivity index (χ1n) is 6.37. The first-order valence-corrected chi connectivity index (χ1v) is 6.37. The molecule has 1 aromatic heterocycles. The lowest BCUT2D eigenvalue weighted by Gasteiger charge is -2.33. The first kappa shape index (κ1) is 13.0. The number of methoxy groups -OCH3 is 1. The fourth-order valence-corrected chi connectivity index (χ4v) is 2.24. The third-order valence-corrected chi connectivity index (χ3v) is 3.18. The number of carbonyl (C=O) groups is 1. The van der Waals surface area contributed by atoms with E-state index >= 15 is 0 Å². The van der Waals surface area contributed by atoms with Crippen molar-refractivity contribution in [3.63, 3.8) is 0 Å². The van der Waals surface area contributed by atoms with Gasteiger partial charge in [0.25, 0.3) is 0 Å². The van der Waals surface area contributed by atoms with E-state index in [9.17, 15) is 4.79 Å². The molecular weight excluding hydrogens is 234 g/mol. The molecule has 0 bridgehead atoms. The number of aryl methyl sites for hydroxylation is 1. The van der Waals surface area contributed by atoms with Crippen molar-refractivity contribution in [1.29, 1.82) is 0 Å². The highest BCUT2D eigenvalue weighted by molar-refractivity contribution is 5.77. The number of aromatic nitrogens is 2. The van der Waals surface area contributed by atoms with E-state index in [1.54, 1.807) is 4.90 Å². The quantitative estimate of drug-likeness (QED) is 0.809. The third kappa shape index (κ3) is 2.69. The maximum atomic E-state index is 12.0. The Morgan fingerprint density at radius 1 is 1.56 bits per heavy atom. The summed E-state index contributed by atoms with van der Waals surface area (Å²) >= 11 is 0. The molecule has 1 aliphatic rings. The number of nitrogens with zero attached hydrogens (tertiary/aromatic N) is 3. The molecule has 18 heavy (non-hydrogen) atoms. The van der Waals surface area contributed by atoms with Gasteiger partial charge in [0.2, 0.25) is 11.8 Å². The number of piperidine rings is 1. The van der Waals surface area contributed by atoms with E-state index < -0.39 is 0 Å². The average Bonchev–Trinajstić information content (AvgIpc) is 2.87. The zero-order valence-electron chi connectivity index (χ0n) is 10.9. The van der Waals surface area contributed by atoms with Crippen LogP contribution in [0, 0.1) is 0 Å². The molecule has 0 N–H and O–H groups in total. The highest BCUT2D eigenvalue weighted by atomic mass is 16.5. The van der Waals surface area contributed by atoms with E-state index in [0.29, 0.717) is 11.7 Å². The van der Waals surface area contributed by atoms with E-state index in [0.717, 1.165) is 32.2 Å². The van der Waals surface area contributed by atoms with Crippen molar-refractivity contribution in [2.45, 2.75) is 38.6 Å². The summed E-state index contributed by atoms with van der Waals surface area (Å²) < 4.78 is 10.2. The van der Waals surface area contributed by atoms with Gasteiger partial charge in [0.05, 0.1) is 0 Å². The highest BCUT2D eigenvalue weighted by Gasteiger charge is 2.31. The second-order valence-corrected chi connectivity index (χ2v) is 4.43. The minimum atomic E-state index is -0.0887. The van der Waals surface area contributed by atoms with Gasteiger partial charge in [-0.3, -0.25) is 4.79 Å². The zero-order chi connectivity index (χ0) is 13.0. The van der Waals surface area contributed by atoms with Crippen LogP contribution in [0.2, 0.25) is 0 Å². The Kier molecular flexibility index (Phi) is 4.30. The number of hydrogen-bond donors (Lipinski definition) is 0. The summed E-state index contributed by atoms with van der Waals surface area (Å²) in [5.74, 6) is 1.23. The third-order valence-electron chi connectivity index (χ3n) is 3.18. The SMILES string of the molecule is CCc1noc([C@@H]2CCCCN2C(=O)COC)n1. The van der Waals surface area contributed by atoms with Gasteiger partial charge < -0.3 is 14.2 Å². The van der Waals surface area contributed by atoms with E-state index in [-0.39, 0.29) is 18.6 Å². The molecule has 0 radical (unpaired) electrons. The van der Waals surface area contributed by atoms with Crippen LogP contribution >= 0.6 is 0 Å². The first-order chi connectivity index (χ1) is 8.76. The zero-order valence-corrected chi connectivity index (χ0v) is 10.9. The molecule has 1 amide bonds.